The normalized spacial score (nSPS) is 14.8. The molecule has 2 aromatic heterocycles. The molecule has 1 aliphatic rings. The molecule has 0 unspecified atom stereocenters. The number of hydrogen-bond acceptors (Lipinski definition) is 5. The molecular formula is C22H27N5O2. The molecule has 1 aliphatic carbocycles. The number of aromatic nitrogens is 3. The lowest BCUT2D eigenvalue weighted by atomic mass is 9.95. The minimum absolute atomic E-state index is 0.172. The highest BCUT2D eigenvalue weighted by Gasteiger charge is 2.22. The van der Waals surface area contributed by atoms with Gasteiger partial charge in [-0.15, -0.1) is 0 Å². The predicted octanol–water partition coefficient (Wildman–Crippen LogP) is 3.83. The van der Waals surface area contributed by atoms with Crippen LogP contribution in [-0.4, -0.2) is 31.8 Å². The van der Waals surface area contributed by atoms with Crippen molar-refractivity contribution in [3.63, 3.8) is 0 Å². The molecule has 1 aromatic carbocycles. The first-order valence-corrected chi connectivity index (χ1v) is 10.3. The summed E-state index contributed by atoms with van der Waals surface area (Å²) in [4.78, 5) is 17.5. The molecule has 1 amide bonds. The summed E-state index contributed by atoms with van der Waals surface area (Å²) in [6.07, 6.45) is 9.29. The number of aromatic hydroxyl groups is 1. The number of fused-ring (bicyclic) bond motifs is 1. The van der Waals surface area contributed by atoms with E-state index < -0.39 is 0 Å². The van der Waals surface area contributed by atoms with Gasteiger partial charge >= 0.3 is 0 Å². The smallest absolute Gasteiger partial charge is 0.255 e. The molecule has 2 heterocycles. The number of carbonyl (C=O) groups excluding carboxylic acids is 1. The number of anilines is 1. The van der Waals surface area contributed by atoms with Gasteiger partial charge in [0, 0.05) is 30.9 Å². The highest BCUT2D eigenvalue weighted by molar-refractivity contribution is 6.06. The van der Waals surface area contributed by atoms with Crippen LogP contribution < -0.4 is 10.6 Å². The molecular weight excluding hydrogens is 366 g/mol. The Hall–Kier alpha value is -3.09. The van der Waals surface area contributed by atoms with E-state index in [9.17, 15) is 9.90 Å². The van der Waals surface area contributed by atoms with Gasteiger partial charge in [-0.05, 0) is 25.8 Å². The second-order valence-corrected chi connectivity index (χ2v) is 7.54. The summed E-state index contributed by atoms with van der Waals surface area (Å²) < 4.78 is 1.84. The molecule has 0 saturated heterocycles. The maximum atomic E-state index is 13.0. The highest BCUT2D eigenvalue weighted by atomic mass is 16.3. The quantitative estimate of drug-likeness (QED) is 0.592. The number of benzene rings is 1. The van der Waals surface area contributed by atoms with Crippen molar-refractivity contribution >= 4 is 22.6 Å². The Morgan fingerprint density at radius 2 is 2.00 bits per heavy atom. The molecule has 0 aliphatic heterocycles. The zero-order valence-corrected chi connectivity index (χ0v) is 16.7. The van der Waals surface area contributed by atoms with Crippen LogP contribution in [0.3, 0.4) is 0 Å². The summed E-state index contributed by atoms with van der Waals surface area (Å²) in [5.74, 6) is -0.0450. The number of phenolic OH excluding ortho intramolecular Hbond substituents is 1. The van der Waals surface area contributed by atoms with E-state index in [1.807, 2.05) is 17.7 Å². The molecule has 0 bridgehead atoms. The molecule has 0 radical (unpaired) electrons. The van der Waals surface area contributed by atoms with Gasteiger partial charge in [-0.2, -0.15) is 5.10 Å². The number of aryl methyl sites for hydroxylation is 1. The Bertz CT molecular complexity index is 1010. The van der Waals surface area contributed by atoms with Crippen molar-refractivity contribution in [2.45, 2.75) is 58.2 Å². The van der Waals surface area contributed by atoms with Crippen molar-refractivity contribution in [1.29, 1.82) is 0 Å². The van der Waals surface area contributed by atoms with Crippen LogP contribution in [0, 0.1) is 0 Å². The average molecular weight is 393 g/mol. The second kappa shape index (κ2) is 8.51. The maximum absolute atomic E-state index is 13.0. The largest absolute Gasteiger partial charge is 0.508 e. The monoisotopic (exact) mass is 393 g/mol. The first kappa shape index (κ1) is 19.2. The third-order valence-electron chi connectivity index (χ3n) is 5.60. The Balaban J connectivity index is 1.63. The molecule has 3 N–H and O–H groups in total. The standard InChI is InChI=1S/C22H27N5O2/c1-2-27-21-17(14-25-27)20(26-16-9-4-3-5-10-16)18(13-23-21)22(29)24-12-15-8-6-7-11-19(15)28/h6-8,11,13-14,16,28H,2-5,9-10,12H2,1H3,(H,23,26)(H,24,29). The van der Waals surface area contributed by atoms with Crippen LogP contribution in [-0.2, 0) is 13.1 Å². The third-order valence-corrected chi connectivity index (χ3v) is 5.60. The van der Waals surface area contributed by atoms with Gasteiger partial charge in [0.1, 0.15) is 5.75 Å². The van der Waals surface area contributed by atoms with E-state index in [4.69, 9.17) is 0 Å². The molecule has 0 spiro atoms. The summed E-state index contributed by atoms with van der Waals surface area (Å²) in [7, 11) is 0. The minimum Gasteiger partial charge on any atom is -0.508 e. The molecule has 29 heavy (non-hydrogen) atoms. The van der Waals surface area contributed by atoms with Crippen molar-refractivity contribution in [2.75, 3.05) is 5.32 Å². The second-order valence-electron chi connectivity index (χ2n) is 7.54. The SMILES string of the molecule is CCn1ncc2c(NC3CCCCC3)c(C(=O)NCc3ccccc3O)cnc21. The molecule has 1 saturated carbocycles. The summed E-state index contributed by atoms with van der Waals surface area (Å²) >= 11 is 0. The van der Waals surface area contributed by atoms with Gasteiger partial charge in [0.15, 0.2) is 5.65 Å². The molecule has 152 valence electrons. The zero-order chi connectivity index (χ0) is 20.2. The van der Waals surface area contributed by atoms with Gasteiger partial charge < -0.3 is 15.7 Å². The summed E-state index contributed by atoms with van der Waals surface area (Å²) in [6.45, 7) is 2.99. The van der Waals surface area contributed by atoms with Crippen LogP contribution in [0.15, 0.2) is 36.7 Å². The maximum Gasteiger partial charge on any atom is 0.255 e. The van der Waals surface area contributed by atoms with Crippen molar-refractivity contribution in [2.24, 2.45) is 0 Å². The highest BCUT2D eigenvalue weighted by Crippen LogP contribution is 2.30. The van der Waals surface area contributed by atoms with E-state index in [0.29, 0.717) is 17.2 Å². The molecule has 1 fully saturated rings. The first-order chi connectivity index (χ1) is 14.2. The zero-order valence-electron chi connectivity index (χ0n) is 16.7. The van der Waals surface area contributed by atoms with E-state index >= 15 is 0 Å². The van der Waals surface area contributed by atoms with Crippen LogP contribution in [0.5, 0.6) is 5.75 Å². The summed E-state index contributed by atoms with van der Waals surface area (Å²) in [5, 5.41) is 21.8. The lowest BCUT2D eigenvalue weighted by Gasteiger charge is -2.25. The number of nitrogens with one attached hydrogen (secondary N) is 2. The number of amides is 1. The Kier molecular flexibility index (Phi) is 5.64. The van der Waals surface area contributed by atoms with Gasteiger partial charge in [0.2, 0.25) is 0 Å². The van der Waals surface area contributed by atoms with Gasteiger partial charge in [0.25, 0.3) is 5.91 Å². The van der Waals surface area contributed by atoms with Crippen LogP contribution in [0.1, 0.15) is 54.9 Å². The first-order valence-electron chi connectivity index (χ1n) is 10.3. The summed E-state index contributed by atoms with van der Waals surface area (Å²) in [6, 6.07) is 7.36. The lowest BCUT2D eigenvalue weighted by Crippen LogP contribution is -2.27. The van der Waals surface area contributed by atoms with Crippen molar-refractivity contribution in [1.82, 2.24) is 20.1 Å². The Morgan fingerprint density at radius 3 is 2.76 bits per heavy atom. The van der Waals surface area contributed by atoms with Crippen LogP contribution >= 0.6 is 0 Å². The fourth-order valence-corrected chi connectivity index (χ4v) is 3.97. The van der Waals surface area contributed by atoms with Crippen LogP contribution in [0.2, 0.25) is 0 Å². The topological polar surface area (TPSA) is 92.1 Å². The van der Waals surface area contributed by atoms with Gasteiger partial charge in [-0.1, -0.05) is 37.5 Å². The van der Waals surface area contributed by atoms with E-state index in [-0.39, 0.29) is 18.2 Å². The fraction of sp³-hybridized carbons (Fsp3) is 0.409. The van der Waals surface area contributed by atoms with Gasteiger partial charge in [-0.25, -0.2) is 9.67 Å². The van der Waals surface area contributed by atoms with Crippen molar-refractivity contribution < 1.29 is 9.90 Å². The summed E-state index contributed by atoms with van der Waals surface area (Å²) in [5.41, 5.74) is 2.77. The van der Waals surface area contributed by atoms with Crippen LogP contribution in [0.25, 0.3) is 11.0 Å². The molecule has 7 heteroatoms. The minimum atomic E-state index is -0.217. The molecule has 7 nitrogen and oxygen atoms in total. The number of rotatable bonds is 6. The van der Waals surface area contributed by atoms with E-state index in [1.165, 1.54) is 19.3 Å². The number of para-hydroxylation sites is 1. The average Bonchev–Trinajstić information content (AvgIpc) is 3.17. The van der Waals surface area contributed by atoms with E-state index in [1.54, 1.807) is 30.6 Å². The molecule has 0 atom stereocenters. The molecule has 4 rings (SSSR count). The number of phenols is 1. The van der Waals surface area contributed by atoms with E-state index in [2.05, 4.69) is 20.7 Å². The van der Waals surface area contributed by atoms with Gasteiger partial charge in [-0.3, -0.25) is 4.79 Å². The van der Waals surface area contributed by atoms with Crippen molar-refractivity contribution in [3.05, 3.63) is 47.8 Å². The number of hydrogen-bond donors (Lipinski definition) is 3. The lowest BCUT2D eigenvalue weighted by molar-refractivity contribution is 0.0951. The number of carbonyl (C=O) groups is 1. The fourth-order valence-electron chi connectivity index (χ4n) is 3.97. The molecule has 3 aromatic rings. The predicted molar refractivity (Wildman–Crippen MR) is 113 cm³/mol. The third kappa shape index (κ3) is 4.04. The Labute approximate surface area is 170 Å². The number of pyridine rings is 1. The van der Waals surface area contributed by atoms with E-state index in [0.717, 1.165) is 36.1 Å². The Morgan fingerprint density at radius 1 is 1.21 bits per heavy atom. The number of nitrogens with zero attached hydrogens (tertiary/aromatic N) is 3. The van der Waals surface area contributed by atoms with Crippen molar-refractivity contribution in [3.8, 4) is 5.75 Å². The van der Waals surface area contributed by atoms with Gasteiger partial charge in [0.05, 0.1) is 22.8 Å². The van der Waals surface area contributed by atoms with Crippen LogP contribution in [0.4, 0.5) is 5.69 Å².